The summed E-state index contributed by atoms with van der Waals surface area (Å²) >= 11 is 0. The van der Waals surface area contributed by atoms with Crippen molar-refractivity contribution in [3.8, 4) is 6.07 Å². The van der Waals surface area contributed by atoms with E-state index in [1.165, 1.54) is 0 Å². The van der Waals surface area contributed by atoms with Crippen LogP contribution in [0.5, 0.6) is 0 Å². The van der Waals surface area contributed by atoms with Gasteiger partial charge in [0.15, 0.2) is 0 Å². The molecule has 4 fully saturated rings. The first kappa shape index (κ1) is 25.0. The van der Waals surface area contributed by atoms with Crippen molar-refractivity contribution in [3.05, 3.63) is 35.5 Å². The third-order valence-electron chi connectivity index (χ3n) is 7.75. The predicted octanol–water partition coefficient (Wildman–Crippen LogP) is 3.00. The van der Waals surface area contributed by atoms with Crippen molar-refractivity contribution in [3.63, 3.8) is 0 Å². The van der Waals surface area contributed by atoms with Crippen molar-refractivity contribution in [2.75, 3.05) is 6.54 Å². The first-order chi connectivity index (χ1) is 17.6. The van der Waals surface area contributed by atoms with Gasteiger partial charge in [0.05, 0.1) is 17.5 Å². The highest BCUT2D eigenvalue weighted by atomic mass is 19.3. The van der Waals surface area contributed by atoms with Crippen molar-refractivity contribution in [2.24, 2.45) is 11.8 Å². The Balaban J connectivity index is 1.43. The fourth-order valence-electron chi connectivity index (χ4n) is 5.95. The zero-order chi connectivity index (χ0) is 26.5. The molecule has 12 heteroatoms. The fraction of sp³-hybridized carbons (Fsp3) is 0.520. The first-order valence-corrected chi connectivity index (χ1v) is 12.3. The van der Waals surface area contributed by atoms with Crippen LogP contribution in [0.3, 0.4) is 0 Å². The van der Waals surface area contributed by atoms with E-state index in [-0.39, 0.29) is 41.8 Å². The van der Waals surface area contributed by atoms with Gasteiger partial charge in [-0.1, -0.05) is 0 Å². The topological polar surface area (TPSA) is 118 Å². The minimum absolute atomic E-state index is 0.00224. The van der Waals surface area contributed by atoms with Crippen LogP contribution >= 0.6 is 0 Å². The Morgan fingerprint density at radius 1 is 1.22 bits per heavy atom. The smallest absolute Gasteiger partial charge is 0.271 e. The highest BCUT2D eigenvalue weighted by Gasteiger charge is 2.60. The highest BCUT2D eigenvalue weighted by molar-refractivity contribution is 6.01. The Hall–Kier alpha value is -3.62. The maximum Gasteiger partial charge on any atom is 0.271 e. The second kappa shape index (κ2) is 9.36. The standard InChI is InChI=1S/C25H25F4N5O3/c26-17-5-6-18(27)20-15(17)9-19(33-20)24(37)34-14-3-4-16(25(28,29)10-14)21(34)23(36)32-13(11-30)8-12-2-1-7-31-22(12)35/h5-6,9,12-14,16,21,33H,1-4,7-8,10H2,(H,31,35)(H,32,36)/t12-,13-,14-,16-,21-/m1/s1. The average molecular weight is 519 g/mol. The van der Waals surface area contributed by atoms with Gasteiger partial charge in [0, 0.05) is 30.3 Å². The molecule has 6 rings (SSSR count). The minimum atomic E-state index is -3.22. The van der Waals surface area contributed by atoms with Crippen molar-refractivity contribution in [2.45, 2.75) is 62.6 Å². The zero-order valence-electron chi connectivity index (χ0n) is 19.7. The van der Waals surface area contributed by atoms with Gasteiger partial charge in [0.25, 0.3) is 11.8 Å². The van der Waals surface area contributed by atoms with Gasteiger partial charge in [-0.15, -0.1) is 0 Å². The van der Waals surface area contributed by atoms with Crippen LogP contribution in [-0.4, -0.2) is 58.2 Å². The van der Waals surface area contributed by atoms with Gasteiger partial charge in [-0.05, 0) is 50.3 Å². The van der Waals surface area contributed by atoms with Gasteiger partial charge in [-0.2, -0.15) is 5.26 Å². The van der Waals surface area contributed by atoms with Gasteiger partial charge < -0.3 is 20.5 Å². The number of hydrogen-bond acceptors (Lipinski definition) is 4. The Labute approximate surface area is 209 Å². The van der Waals surface area contributed by atoms with Gasteiger partial charge in [0.2, 0.25) is 11.8 Å². The third-order valence-corrected chi connectivity index (χ3v) is 7.75. The van der Waals surface area contributed by atoms with Gasteiger partial charge in [-0.25, -0.2) is 17.6 Å². The van der Waals surface area contributed by atoms with Crippen LogP contribution in [0, 0.1) is 34.8 Å². The molecule has 0 unspecified atom stereocenters. The number of fused-ring (bicyclic) bond motifs is 4. The van der Waals surface area contributed by atoms with E-state index in [0.717, 1.165) is 29.5 Å². The van der Waals surface area contributed by atoms with Crippen LogP contribution in [0.15, 0.2) is 18.2 Å². The summed E-state index contributed by atoms with van der Waals surface area (Å²) in [5.74, 6) is -8.76. The maximum absolute atomic E-state index is 14.9. The Morgan fingerprint density at radius 3 is 2.65 bits per heavy atom. The van der Waals surface area contributed by atoms with Crippen molar-refractivity contribution in [1.82, 2.24) is 20.5 Å². The fourth-order valence-corrected chi connectivity index (χ4v) is 5.95. The summed E-state index contributed by atoms with van der Waals surface area (Å²) in [6, 6.07) is 1.14. The second-order valence-electron chi connectivity index (χ2n) is 10.0. The monoisotopic (exact) mass is 519 g/mol. The molecule has 0 spiro atoms. The summed E-state index contributed by atoms with van der Waals surface area (Å²) in [6.07, 6.45) is 0.861. The van der Waals surface area contributed by atoms with E-state index in [0.29, 0.717) is 13.0 Å². The number of alkyl halides is 2. The molecule has 1 aromatic heterocycles. The lowest BCUT2D eigenvalue weighted by molar-refractivity contribution is -0.179. The normalized spacial score (nSPS) is 27.4. The maximum atomic E-state index is 14.9. The number of H-pyrrole nitrogens is 1. The number of halogens is 4. The third kappa shape index (κ3) is 4.40. The number of aromatic amines is 1. The molecule has 3 aliphatic heterocycles. The van der Waals surface area contributed by atoms with Crippen LogP contribution in [0.4, 0.5) is 17.6 Å². The van der Waals surface area contributed by atoms with Crippen LogP contribution in [-0.2, 0) is 9.59 Å². The number of aromatic nitrogens is 1. The van der Waals surface area contributed by atoms with E-state index in [2.05, 4.69) is 15.6 Å². The van der Waals surface area contributed by atoms with Crippen molar-refractivity contribution >= 4 is 28.6 Å². The predicted molar refractivity (Wildman–Crippen MR) is 122 cm³/mol. The Bertz CT molecular complexity index is 1270. The molecule has 8 nitrogen and oxygen atoms in total. The van der Waals surface area contributed by atoms with E-state index in [4.69, 9.17) is 0 Å². The molecule has 1 aliphatic carbocycles. The molecule has 37 heavy (non-hydrogen) atoms. The summed E-state index contributed by atoms with van der Waals surface area (Å²) in [5.41, 5.74) is -0.476. The molecule has 2 aromatic rings. The number of nitriles is 1. The van der Waals surface area contributed by atoms with Crippen LogP contribution in [0.2, 0.25) is 0 Å². The molecule has 5 atom stereocenters. The number of carbonyl (C=O) groups excluding carboxylic acids is 3. The lowest BCUT2D eigenvalue weighted by atomic mass is 9.71. The average Bonchev–Trinajstić information content (AvgIpc) is 3.33. The van der Waals surface area contributed by atoms with E-state index in [9.17, 15) is 37.2 Å². The molecule has 4 heterocycles. The van der Waals surface area contributed by atoms with E-state index in [1.54, 1.807) is 0 Å². The summed E-state index contributed by atoms with van der Waals surface area (Å²) in [7, 11) is 0. The van der Waals surface area contributed by atoms with E-state index < -0.39 is 65.8 Å². The molecule has 3 amide bonds. The van der Waals surface area contributed by atoms with Crippen molar-refractivity contribution < 1.29 is 31.9 Å². The van der Waals surface area contributed by atoms with Crippen LogP contribution < -0.4 is 10.6 Å². The largest absolute Gasteiger partial charge is 0.356 e. The number of piperidine rings is 3. The first-order valence-electron chi connectivity index (χ1n) is 12.3. The van der Waals surface area contributed by atoms with Gasteiger partial charge in [-0.3, -0.25) is 14.4 Å². The number of rotatable bonds is 5. The SMILES string of the molecule is N#C[C@@H](C[C@H]1CCCNC1=O)NC(=O)[C@H]1[C@H]2CC[C@H](CC2(F)F)N1C(=O)c1cc2c(F)ccc(F)c2[nH]1. The molecule has 2 bridgehead atoms. The minimum Gasteiger partial charge on any atom is -0.356 e. The number of benzene rings is 1. The molecular weight excluding hydrogens is 494 g/mol. The molecule has 3 saturated heterocycles. The van der Waals surface area contributed by atoms with E-state index in [1.807, 2.05) is 6.07 Å². The molecular formula is C25H25F4N5O3. The number of amides is 3. The molecule has 196 valence electrons. The summed E-state index contributed by atoms with van der Waals surface area (Å²) in [5, 5.41) is 14.6. The number of carbonyl (C=O) groups is 3. The highest BCUT2D eigenvalue weighted by Crippen LogP contribution is 2.49. The summed E-state index contributed by atoms with van der Waals surface area (Å²) < 4.78 is 58.3. The zero-order valence-corrected chi connectivity index (χ0v) is 19.7. The molecule has 1 saturated carbocycles. The number of hydrogen-bond donors (Lipinski definition) is 3. The van der Waals surface area contributed by atoms with Crippen LogP contribution in [0.1, 0.15) is 49.0 Å². The summed E-state index contributed by atoms with van der Waals surface area (Å²) in [4.78, 5) is 42.6. The lowest BCUT2D eigenvalue weighted by Gasteiger charge is -2.53. The Kier molecular flexibility index (Phi) is 6.33. The molecule has 3 N–H and O–H groups in total. The quantitative estimate of drug-likeness (QED) is 0.527. The van der Waals surface area contributed by atoms with E-state index >= 15 is 0 Å². The molecule has 0 radical (unpaired) electrons. The molecule has 4 aliphatic rings. The number of nitrogens with one attached hydrogen (secondary N) is 3. The van der Waals surface area contributed by atoms with Gasteiger partial charge >= 0.3 is 0 Å². The van der Waals surface area contributed by atoms with Crippen molar-refractivity contribution in [1.29, 1.82) is 5.26 Å². The van der Waals surface area contributed by atoms with Crippen LogP contribution in [0.25, 0.3) is 10.9 Å². The number of nitrogens with zero attached hydrogens (tertiary/aromatic N) is 2. The second-order valence-corrected chi connectivity index (χ2v) is 10.0. The van der Waals surface area contributed by atoms with Gasteiger partial charge in [0.1, 0.15) is 29.4 Å². The lowest BCUT2D eigenvalue weighted by Crippen LogP contribution is -2.68. The summed E-state index contributed by atoms with van der Waals surface area (Å²) in [6.45, 7) is 0.526. The Morgan fingerprint density at radius 2 is 1.97 bits per heavy atom. The molecule has 1 aromatic carbocycles.